The van der Waals surface area contributed by atoms with Crippen LogP contribution in [-0.2, 0) is 37.6 Å². The monoisotopic (exact) mass is 969 g/mol. The van der Waals surface area contributed by atoms with Crippen molar-refractivity contribution in [3.63, 3.8) is 0 Å². The van der Waals surface area contributed by atoms with Gasteiger partial charge in [-0.3, -0.25) is 19.2 Å². The second-order valence-electron chi connectivity index (χ2n) is 15.6. The zero-order valence-electron chi connectivity index (χ0n) is 33.5. The van der Waals surface area contributed by atoms with E-state index in [9.17, 15) is 56.8 Å². The van der Waals surface area contributed by atoms with Crippen LogP contribution in [-0.4, -0.2) is 85.3 Å². The Morgan fingerprint density at radius 1 is 1.02 bits per heavy atom. The van der Waals surface area contributed by atoms with Gasteiger partial charge in [-0.1, -0.05) is 23.6 Å². The summed E-state index contributed by atoms with van der Waals surface area (Å²) >= 11 is 6.44. The standard InChI is InChI=1S/C39H34ClF10N7O5S2/c1-36(2,63(3,59)60)10-9-21-5-6-22(23-7-8-26(40)30-32(23)57(17-37(43,44)45)55-35(30)56-64(4,61)62)31(53-21)27(13-18-11-19(41)14-20(42)12-18)54-28(58)16-52-34-29(33(51)39(48,49)50)24-15-25(24)38(34,46)47/h5-8,11-12,14,24-25,27H,13,15-17,51H2,1-4H3,(H,54,58)(H,55,56)/t24-,25+,27-/m0/s1. The van der Waals surface area contributed by atoms with Crippen molar-refractivity contribution in [2.24, 2.45) is 22.6 Å². The number of nitrogens with one attached hydrogen (secondary N) is 2. The number of anilines is 1. The number of allylic oxidation sites excluding steroid dienone is 2. The molecule has 2 aliphatic rings. The van der Waals surface area contributed by atoms with Crippen molar-refractivity contribution in [3.05, 3.63) is 87.3 Å². The second-order valence-corrected chi connectivity index (χ2v) is 20.4. The normalized spacial score (nSPS) is 19.5. The maximum Gasteiger partial charge on any atom is 0.431 e. The summed E-state index contributed by atoms with van der Waals surface area (Å²) in [6.07, 6.45) is -9.57. The average Bonchev–Trinajstić information content (AvgIpc) is 3.81. The van der Waals surface area contributed by atoms with Crippen molar-refractivity contribution >= 4 is 59.8 Å². The molecule has 0 spiro atoms. The van der Waals surface area contributed by atoms with Crippen molar-refractivity contribution in [2.75, 3.05) is 23.8 Å². The first-order valence-corrected chi connectivity index (χ1v) is 22.7. The number of rotatable bonds is 11. The van der Waals surface area contributed by atoms with Crippen LogP contribution in [0.3, 0.4) is 0 Å². The van der Waals surface area contributed by atoms with Crippen LogP contribution in [0.1, 0.15) is 43.3 Å². The van der Waals surface area contributed by atoms with Gasteiger partial charge in [-0.05, 0) is 74.4 Å². The molecular formula is C39H34ClF10N7O5S2. The maximum atomic E-state index is 15.3. The van der Waals surface area contributed by atoms with Crippen molar-refractivity contribution < 1.29 is 65.5 Å². The molecule has 0 radical (unpaired) electrons. The summed E-state index contributed by atoms with van der Waals surface area (Å²) in [6.45, 7) is -0.557. The van der Waals surface area contributed by atoms with Crippen molar-refractivity contribution in [3.8, 4) is 23.0 Å². The number of carbonyl (C=O) groups excluding carboxylic acids is 1. The van der Waals surface area contributed by atoms with E-state index in [1.54, 1.807) is 0 Å². The first kappa shape index (κ1) is 48.1. The van der Waals surface area contributed by atoms with Gasteiger partial charge in [0.1, 0.15) is 46.6 Å². The van der Waals surface area contributed by atoms with E-state index < -0.39 is 126 Å². The number of hydrogen-bond donors (Lipinski definition) is 3. The lowest BCUT2D eigenvalue weighted by molar-refractivity contribution is -0.141. The molecule has 344 valence electrons. The minimum atomic E-state index is -5.23. The fourth-order valence-corrected chi connectivity index (χ4v) is 8.03. The van der Waals surface area contributed by atoms with Gasteiger partial charge in [0, 0.05) is 34.9 Å². The van der Waals surface area contributed by atoms with Crippen LogP contribution < -0.4 is 15.8 Å². The number of benzene rings is 2. The molecule has 0 unspecified atom stereocenters. The molecule has 1 amide bonds. The minimum absolute atomic E-state index is 0.190. The quantitative estimate of drug-likeness (QED) is 0.106. The molecular weight excluding hydrogens is 936 g/mol. The van der Waals surface area contributed by atoms with Crippen LogP contribution in [0.2, 0.25) is 5.02 Å². The molecule has 2 heterocycles. The van der Waals surface area contributed by atoms with Gasteiger partial charge in [-0.25, -0.2) is 30.6 Å². The second kappa shape index (κ2) is 16.5. The number of sulfone groups is 1. The number of carbonyl (C=O) groups is 1. The fraction of sp³-hybridized carbons (Fsp3) is 0.385. The number of alkyl halides is 8. The van der Waals surface area contributed by atoms with E-state index in [2.05, 4.69) is 32.2 Å². The predicted molar refractivity (Wildman–Crippen MR) is 215 cm³/mol. The van der Waals surface area contributed by atoms with E-state index in [-0.39, 0.29) is 44.9 Å². The topological polar surface area (TPSA) is 178 Å². The van der Waals surface area contributed by atoms with E-state index >= 15 is 8.78 Å². The number of amides is 1. The summed E-state index contributed by atoms with van der Waals surface area (Å²) in [6, 6.07) is 5.26. The lowest BCUT2D eigenvalue weighted by Crippen LogP contribution is -2.35. The summed E-state index contributed by atoms with van der Waals surface area (Å²) in [7, 11) is -8.05. The Morgan fingerprint density at radius 2 is 1.64 bits per heavy atom. The summed E-state index contributed by atoms with van der Waals surface area (Å²) in [5.74, 6) is -5.76. The zero-order chi connectivity index (χ0) is 47.7. The number of sulfonamides is 1. The minimum Gasteiger partial charge on any atom is -0.394 e. The van der Waals surface area contributed by atoms with Crippen LogP contribution in [0, 0.1) is 35.3 Å². The third-order valence-electron chi connectivity index (χ3n) is 10.3. The molecule has 2 fully saturated rings. The number of pyridine rings is 1. The molecule has 64 heavy (non-hydrogen) atoms. The van der Waals surface area contributed by atoms with Crippen LogP contribution >= 0.6 is 11.6 Å². The average molecular weight is 970 g/mol. The fourth-order valence-electron chi connectivity index (χ4n) is 7.06. The van der Waals surface area contributed by atoms with E-state index in [0.29, 0.717) is 17.0 Å². The van der Waals surface area contributed by atoms with Crippen LogP contribution in [0.15, 0.2) is 58.7 Å². The molecule has 25 heteroatoms. The molecule has 4 aromatic rings. The molecule has 6 rings (SSSR count). The molecule has 0 bridgehead atoms. The first-order chi connectivity index (χ1) is 29.3. The summed E-state index contributed by atoms with van der Waals surface area (Å²) < 4.78 is 193. The molecule has 4 N–H and O–H groups in total. The Kier molecular flexibility index (Phi) is 12.4. The number of aliphatic imine (C=N–C) groups is 1. The lowest BCUT2D eigenvalue weighted by Gasteiger charge is -2.23. The van der Waals surface area contributed by atoms with Crippen LogP contribution in [0.25, 0.3) is 22.0 Å². The highest BCUT2D eigenvalue weighted by atomic mass is 35.5. The summed E-state index contributed by atoms with van der Waals surface area (Å²) in [5, 5.41) is 5.62. The largest absolute Gasteiger partial charge is 0.431 e. The number of hydrogen-bond acceptors (Lipinski definition) is 9. The Labute approximate surface area is 363 Å². The highest BCUT2D eigenvalue weighted by Crippen LogP contribution is 2.62. The third-order valence-corrected chi connectivity index (χ3v) is 13.1. The Morgan fingerprint density at radius 3 is 2.22 bits per heavy atom. The molecule has 2 aliphatic carbocycles. The maximum absolute atomic E-state index is 15.3. The molecule has 2 aromatic carbocycles. The smallest absolute Gasteiger partial charge is 0.394 e. The Balaban J connectivity index is 1.59. The SMILES string of the molecule is CC(C)(C#Cc1ccc(-c2ccc(Cl)c3c(NS(C)(=O)=O)nn(CC(F)(F)F)c23)c([C@H](Cc2cc(F)cc(F)c2)NC(=O)CN=C2C(=C(N)C(F)(F)F)[C@H]3C[C@H]3C2(F)F)n1)S(C)(=O)=O. The number of nitrogens with zero attached hydrogens (tertiary/aromatic N) is 4. The van der Waals surface area contributed by atoms with Crippen LogP contribution in [0.4, 0.5) is 49.7 Å². The van der Waals surface area contributed by atoms with Gasteiger partial charge >= 0.3 is 12.4 Å². The highest BCUT2D eigenvalue weighted by Gasteiger charge is 2.68. The van der Waals surface area contributed by atoms with Gasteiger partial charge in [0.05, 0.1) is 33.9 Å². The van der Waals surface area contributed by atoms with Crippen molar-refractivity contribution in [1.82, 2.24) is 20.1 Å². The van der Waals surface area contributed by atoms with E-state index in [0.717, 1.165) is 24.5 Å². The molecule has 0 aliphatic heterocycles. The molecule has 2 saturated carbocycles. The van der Waals surface area contributed by atoms with E-state index in [4.69, 9.17) is 17.3 Å². The molecule has 12 nitrogen and oxygen atoms in total. The van der Waals surface area contributed by atoms with Gasteiger partial charge in [0.15, 0.2) is 15.7 Å². The van der Waals surface area contributed by atoms with Gasteiger partial charge in [0.2, 0.25) is 15.9 Å². The summed E-state index contributed by atoms with van der Waals surface area (Å²) in [5.41, 5.74) is -0.559. The number of fused-ring (bicyclic) bond motifs is 2. The molecule has 0 saturated heterocycles. The summed E-state index contributed by atoms with van der Waals surface area (Å²) in [4.78, 5) is 21.8. The first-order valence-electron chi connectivity index (χ1n) is 18.5. The van der Waals surface area contributed by atoms with E-state index in [1.807, 2.05) is 4.72 Å². The van der Waals surface area contributed by atoms with Crippen LogP contribution in [0.5, 0.6) is 0 Å². The highest BCUT2D eigenvalue weighted by molar-refractivity contribution is 7.92. The number of nitrogens with two attached hydrogens (primary N) is 1. The molecule has 2 aromatic heterocycles. The van der Waals surface area contributed by atoms with Crippen molar-refractivity contribution in [1.29, 1.82) is 0 Å². The third kappa shape index (κ3) is 10.3. The Bertz CT molecular complexity index is 2920. The lowest BCUT2D eigenvalue weighted by atomic mass is 9.93. The Hall–Kier alpha value is -5.41. The zero-order valence-corrected chi connectivity index (χ0v) is 35.9. The van der Waals surface area contributed by atoms with Gasteiger partial charge in [-0.2, -0.15) is 40.2 Å². The van der Waals surface area contributed by atoms with Gasteiger partial charge < -0.3 is 11.1 Å². The number of aromatic nitrogens is 3. The van der Waals surface area contributed by atoms with Gasteiger partial charge in [0.25, 0.3) is 5.92 Å². The van der Waals surface area contributed by atoms with Gasteiger partial charge in [-0.15, -0.1) is 0 Å². The van der Waals surface area contributed by atoms with Crippen molar-refractivity contribution in [2.45, 2.75) is 62.3 Å². The van der Waals surface area contributed by atoms with E-state index in [1.165, 1.54) is 32.0 Å². The number of halogens is 11. The molecule has 3 atom stereocenters. The predicted octanol–water partition coefficient (Wildman–Crippen LogP) is 7.04.